The molecule has 0 radical (unpaired) electrons. The van der Waals surface area contributed by atoms with E-state index < -0.39 is 10.0 Å². The number of hydrogen-bond donors (Lipinski definition) is 2. The Labute approximate surface area is 194 Å². The molecule has 1 saturated heterocycles. The van der Waals surface area contributed by atoms with Gasteiger partial charge >= 0.3 is 0 Å². The Bertz CT molecular complexity index is 1260. The van der Waals surface area contributed by atoms with Crippen molar-refractivity contribution in [3.8, 4) is 0 Å². The Balaban J connectivity index is 1.46. The van der Waals surface area contributed by atoms with E-state index in [4.69, 9.17) is 4.98 Å². The Morgan fingerprint density at radius 1 is 1.09 bits per heavy atom. The van der Waals surface area contributed by atoms with Crippen molar-refractivity contribution in [1.82, 2.24) is 24.7 Å². The predicted molar refractivity (Wildman–Crippen MR) is 130 cm³/mol. The molecule has 5 rings (SSSR count). The van der Waals surface area contributed by atoms with Crippen LogP contribution in [0.3, 0.4) is 0 Å². The van der Waals surface area contributed by atoms with Crippen LogP contribution >= 0.6 is 0 Å². The lowest BCUT2D eigenvalue weighted by Gasteiger charge is -2.44. The number of hydrogen-bond acceptors (Lipinski definition) is 7. The maximum absolute atomic E-state index is 11.9. The molecule has 0 aromatic carbocycles. The highest BCUT2D eigenvalue weighted by Crippen LogP contribution is 2.36. The van der Waals surface area contributed by atoms with Gasteiger partial charge in [-0.25, -0.2) is 28.1 Å². The van der Waals surface area contributed by atoms with E-state index in [0.717, 1.165) is 59.9 Å². The van der Waals surface area contributed by atoms with Gasteiger partial charge in [0.15, 0.2) is 0 Å². The first-order chi connectivity index (χ1) is 15.7. The van der Waals surface area contributed by atoms with Crippen LogP contribution in [0.5, 0.6) is 0 Å². The minimum atomic E-state index is -3.25. The first-order valence-corrected chi connectivity index (χ1v) is 13.3. The number of aromatic amines is 1. The van der Waals surface area contributed by atoms with Gasteiger partial charge < -0.3 is 14.8 Å². The van der Waals surface area contributed by atoms with Gasteiger partial charge in [-0.2, -0.15) is 0 Å². The summed E-state index contributed by atoms with van der Waals surface area (Å²) in [6, 6.07) is 4.37. The number of sulfonamides is 1. The van der Waals surface area contributed by atoms with Gasteiger partial charge in [0.1, 0.15) is 17.8 Å². The third kappa shape index (κ3) is 4.17. The lowest BCUT2D eigenvalue weighted by molar-refractivity contribution is 0.277. The zero-order chi connectivity index (χ0) is 23.3. The summed E-state index contributed by atoms with van der Waals surface area (Å²) < 4.78 is 26.5. The molecule has 0 spiro atoms. The Morgan fingerprint density at radius 2 is 1.85 bits per heavy atom. The fourth-order valence-corrected chi connectivity index (χ4v) is 6.45. The van der Waals surface area contributed by atoms with Crippen molar-refractivity contribution in [2.75, 3.05) is 29.1 Å². The number of fused-ring (bicyclic) bond motifs is 2. The molecule has 0 bridgehead atoms. The van der Waals surface area contributed by atoms with Gasteiger partial charge in [0.05, 0.1) is 11.9 Å². The number of nitrogens with zero attached hydrogens (tertiary/aromatic N) is 5. The molecule has 1 unspecified atom stereocenters. The van der Waals surface area contributed by atoms with E-state index in [1.807, 2.05) is 12.4 Å². The van der Waals surface area contributed by atoms with Crippen molar-refractivity contribution in [2.24, 2.45) is 11.8 Å². The van der Waals surface area contributed by atoms with Crippen LogP contribution in [0.4, 0.5) is 11.5 Å². The first-order valence-electron chi connectivity index (χ1n) is 11.4. The molecular formula is C23H31N7O2S. The molecule has 0 saturated carbocycles. The fraction of sp³-hybridized carbons (Fsp3) is 0.522. The highest BCUT2D eigenvalue weighted by Gasteiger charge is 2.36. The maximum atomic E-state index is 11.9. The van der Waals surface area contributed by atoms with Crippen molar-refractivity contribution >= 4 is 32.6 Å². The lowest BCUT2D eigenvalue weighted by Crippen LogP contribution is -2.55. The molecule has 2 aliphatic heterocycles. The quantitative estimate of drug-likeness (QED) is 0.604. The molecule has 2 N–H and O–H groups in total. The standard InChI is InChI=1S/C23H31N7O2S/c1-14-10-29(11-15(2)21(14)28-33(4,31)32)23-18-12-30(16(3)9-19(18)26-13-27-23)20-6-8-25-22-17(20)5-7-24-22/h5-8,13-16,21,28H,9-12H2,1-4H3,(H,24,25)/t14-,15+,16-,21?/m1/s1. The number of aromatic nitrogens is 4. The Morgan fingerprint density at radius 3 is 2.58 bits per heavy atom. The number of rotatable bonds is 4. The van der Waals surface area contributed by atoms with Crippen LogP contribution in [0.25, 0.3) is 11.0 Å². The monoisotopic (exact) mass is 469 g/mol. The van der Waals surface area contributed by atoms with Crippen LogP contribution in [0.1, 0.15) is 32.0 Å². The lowest BCUT2D eigenvalue weighted by atomic mass is 9.86. The summed E-state index contributed by atoms with van der Waals surface area (Å²) in [6.07, 6.45) is 7.52. The van der Waals surface area contributed by atoms with E-state index in [2.05, 4.69) is 62.4 Å². The first kappa shape index (κ1) is 22.1. The Kier molecular flexibility index (Phi) is 5.52. The fourth-order valence-electron chi connectivity index (χ4n) is 5.49. The molecule has 176 valence electrons. The van der Waals surface area contributed by atoms with Crippen molar-refractivity contribution in [3.05, 3.63) is 42.1 Å². The third-order valence-electron chi connectivity index (χ3n) is 7.00. The predicted octanol–water partition coefficient (Wildman–Crippen LogP) is 2.31. The van der Waals surface area contributed by atoms with Gasteiger partial charge in [-0.15, -0.1) is 0 Å². The summed E-state index contributed by atoms with van der Waals surface area (Å²) in [5.74, 6) is 1.28. The van der Waals surface area contributed by atoms with E-state index in [0.29, 0.717) is 6.04 Å². The molecule has 0 aliphatic carbocycles. The van der Waals surface area contributed by atoms with Gasteiger partial charge in [0.2, 0.25) is 10.0 Å². The number of anilines is 2. The minimum Gasteiger partial charge on any atom is -0.363 e. The second-order valence-electron chi connectivity index (χ2n) is 9.65. The van der Waals surface area contributed by atoms with E-state index >= 15 is 0 Å². The van der Waals surface area contributed by atoms with Crippen LogP contribution in [0.2, 0.25) is 0 Å². The molecule has 10 heteroatoms. The van der Waals surface area contributed by atoms with Crippen LogP contribution in [-0.4, -0.2) is 59.8 Å². The van der Waals surface area contributed by atoms with Crippen LogP contribution in [0, 0.1) is 11.8 Å². The molecule has 3 aromatic rings. The third-order valence-corrected chi connectivity index (χ3v) is 7.70. The van der Waals surface area contributed by atoms with Crippen LogP contribution in [-0.2, 0) is 23.0 Å². The molecule has 1 fully saturated rings. The number of piperidine rings is 1. The van der Waals surface area contributed by atoms with Crippen molar-refractivity contribution in [1.29, 1.82) is 0 Å². The summed E-state index contributed by atoms with van der Waals surface area (Å²) in [7, 11) is -3.25. The Hall–Kier alpha value is -2.72. The van der Waals surface area contributed by atoms with E-state index in [-0.39, 0.29) is 17.9 Å². The summed E-state index contributed by atoms with van der Waals surface area (Å²) >= 11 is 0. The molecular weight excluding hydrogens is 438 g/mol. The van der Waals surface area contributed by atoms with E-state index in [1.54, 1.807) is 6.33 Å². The van der Waals surface area contributed by atoms with Crippen LogP contribution in [0.15, 0.2) is 30.9 Å². The zero-order valence-electron chi connectivity index (χ0n) is 19.5. The smallest absolute Gasteiger partial charge is 0.208 e. The highest BCUT2D eigenvalue weighted by molar-refractivity contribution is 7.88. The van der Waals surface area contributed by atoms with Crippen molar-refractivity contribution in [2.45, 2.75) is 45.8 Å². The average Bonchev–Trinajstić information content (AvgIpc) is 3.24. The molecule has 0 amide bonds. The van der Waals surface area contributed by atoms with E-state index in [9.17, 15) is 8.42 Å². The molecule has 3 aromatic heterocycles. The molecule has 33 heavy (non-hydrogen) atoms. The van der Waals surface area contributed by atoms with Gasteiger partial charge in [0, 0.05) is 67.2 Å². The average molecular weight is 470 g/mol. The second kappa shape index (κ2) is 8.25. The molecule has 4 atom stereocenters. The van der Waals surface area contributed by atoms with E-state index in [1.165, 1.54) is 6.26 Å². The number of pyridine rings is 1. The zero-order valence-corrected chi connectivity index (χ0v) is 20.3. The van der Waals surface area contributed by atoms with Gasteiger partial charge in [0.25, 0.3) is 0 Å². The topological polar surface area (TPSA) is 107 Å². The largest absolute Gasteiger partial charge is 0.363 e. The molecule has 5 heterocycles. The van der Waals surface area contributed by atoms with Crippen molar-refractivity contribution < 1.29 is 8.42 Å². The van der Waals surface area contributed by atoms with Crippen LogP contribution < -0.4 is 14.5 Å². The summed E-state index contributed by atoms with van der Waals surface area (Å²) in [6.45, 7) is 8.65. The molecule has 2 aliphatic rings. The number of H-pyrrole nitrogens is 1. The minimum absolute atomic E-state index is 0.0795. The van der Waals surface area contributed by atoms with Crippen molar-refractivity contribution in [3.63, 3.8) is 0 Å². The summed E-state index contributed by atoms with van der Waals surface area (Å²) in [4.78, 5) is 21.7. The maximum Gasteiger partial charge on any atom is 0.208 e. The van der Waals surface area contributed by atoms with Gasteiger partial charge in [-0.1, -0.05) is 13.8 Å². The molecule has 9 nitrogen and oxygen atoms in total. The second-order valence-corrected chi connectivity index (χ2v) is 11.4. The SMILES string of the molecule is C[C@@H]1CN(c2ncnc3c2CN(c2ccnc4[nH]ccc24)[C@H](C)C3)C[C@H](C)C1NS(C)(=O)=O. The summed E-state index contributed by atoms with van der Waals surface area (Å²) in [5, 5.41) is 1.11. The summed E-state index contributed by atoms with van der Waals surface area (Å²) in [5.41, 5.74) is 4.30. The van der Waals surface area contributed by atoms with Gasteiger partial charge in [-0.3, -0.25) is 0 Å². The van der Waals surface area contributed by atoms with Gasteiger partial charge in [-0.05, 0) is 30.9 Å². The highest BCUT2D eigenvalue weighted by atomic mass is 32.2. The number of nitrogens with one attached hydrogen (secondary N) is 2. The normalized spacial score (nSPS) is 25.9.